The van der Waals surface area contributed by atoms with E-state index in [1.165, 1.54) is 31.3 Å². The van der Waals surface area contributed by atoms with Crippen LogP contribution in [-0.4, -0.2) is 29.1 Å². The normalized spacial score (nSPS) is 46.8. The number of carbonyl (C=O) groups is 1. The summed E-state index contributed by atoms with van der Waals surface area (Å²) in [5.74, 6) is 2.79. The van der Waals surface area contributed by atoms with E-state index in [-0.39, 0.29) is 16.9 Å². The van der Waals surface area contributed by atoms with Crippen LogP contribution >= 0.6 is 0 Å². The van der Waals surface area contributed by atoms with E-state index in [2.05, 4.69) is 33.8 Å². The zero-order valence-corrected chi connectivity index (χ0v) is 18.0. The predicted molar refractivity (Wildman–Crippen MR) is 109 cm³/mol. The van der Waals surface area contributed by atoms with Crippen LogP contribution in [-0.2, 0) is 4.74 Å². The smallest absolute Gasteiger partial charge is 0.450 e. The molecule has 0 aromatic heterocycles. The second-order valence-electron chi connectivity index (χ2n) is 11.1. The Labute approximate surface area is 169 Å². The van der Waals surface area contributed by atoms with Gasteiger partial charge in [-0.1, -0.05) is 39.3 Å². The van der Waals surface area contributed by atoms with Gasteiger partial charge in [-0.05, 0) is 85.9 Å². The van der Waals surface area contributed by atoms with E-state index in [0.717, 1.165) is 43.4 Å². The van der Waals surface area contributed by atoms with E-state index in [1.54, 1.807) is 0 Å². The van der Waals surface area contributed by atoms with Crippen LogP contribution in [0.3, 0.4) is 0 Å². The maximum absolute atomic E-state index is 10.7. The average molecular weight is 391 g/mol. The topological polar surface area (TPSA) is 66.8 Å². The Morgan fingerprint density at radius 1 is 1.11 bits per heavy atom. The molecular weight excluding hydrogens is 352 g/mol. The third-order valence-electron chi connectivity index (χ3n) is 9.82. The molecule has 0 aliphatic heterocycles. The zero-order chi connectivity index (χ0) is 20.3. The highest BCUT2D eigenvalue weighted by Gasteiger charge is 2.60. The van der Waals surface area contributed by atoms with Crippen LogP contribution in [0.25, 0.3) is 0 Å². The molecule has 4 nitrogen and oxygen atoms in total. The van der Waals surface area contributed by atoms with Gasteiger partial charge >= 0.3 is 6.16 Å². The van der Waals surface area contributed by atoms with Crippen LogP contribution in [0.5, 0.6) is 0 Å². The van der Waals surface area contributed by atoms with Gasteiger partial charge in [-0.25, -0.2) is 4.79 Å². The third kappa shape index (κ3) is 2.85. The summed E-state index contributed by atoms with van der Waals surface area (Å²) in [7, 11) is 0. The molecule has 0 aromatic carbocycles. The van der Waals surface area contributed by atoms with Crippen molar-refractivity contribution in [3.05, 3.63) is 11.6 Å². The van der Waals surface area contributed by atoms with Crippen LogP contribution < -0.4 is 0 Å². The fourth-order valence-corrected chi connectivity index (χ4v) is 8.26. The Morgan fingerprint density at radius 2 is 1.86 bits per heavy atom. The van der Waals surface area contributed by atoms with Crippen LogP contribution in [0.2, 0.25) is 0 Å². The van der Waals surface area contributed by atoms with Gasteiger partial charge in [-0.2, -0.15) is 0 Å². The Hall–Kier alpha value is -1.03. The number of fused-ring (bicyclic) bond motifs is 5. The van der Waals surface area contributed by atoms with Crippen LogP contribution in [0, 0.1) is 39.9 Å². The molecule has 3 saturated carbocycles. The lowest BCUT2D eigenvalue weighted by atomic mass is 9.44. The van der Waals surface area contributed by atoms with Crippen molar-refractivity contribution in [2.24, 2.45) is 39.9 Å². The molecule has 0 saturated heterocycles. The summed E-state index contributed by atoms with van der Waals surface area (Å²) < 4.78 is 4.84. The molecule has 158 valence electrons. The first-order valence-electron chi connectivity index (χ1n) is 11.4. The van der Waals surface area contributed by atoms with Crippen molar-refractivity contribution in [2.75, 3.05) is 6.61 Å². The molecule has 0 radical (unpaired) electrons. The van der Waals surface area contributed by atoms with Crippen LogP contribution in [0.1, 0.15) is 79.1 Å². The number of aliphatic hydroxyl groups is 1. The number of hydrogen-bond donors (Lipinski definition) is 2. The van der Waals surface area contributed by atoms with Crippen LogP contribution in [0.15, 0.2) is 11.6 Å². The predicted octanol–water partition coefficient (Wildman–Crippen LogP) is 5.65. The summed E-state index contributed by atoms with van der Waals surface area (Å²) in [4.78, 5) is 10.7. The molecular formula is C24H38O4. The van der Waals surface area contributed by atoms with Gasteiger partial charge in [0, 0.05) is 5.41 Å². The molecule has 2 N–H and O–H groups in total. The zero-order valence-electron chi connectivity index (χ0n) is 18.0. The lowest BCUT2D eigenvalue weighted by Crippen LogP contribution is -2.54. The minimum atomic E-state index is -1.15. The lowest BCUT2D eigenvalue weighted by molar-refractivity contribution is -0.0752. The van der Waals surface area contributed by atoms with E-state index < -0.39 is 6.16 Å². The van der Waals surface area contributed by atoms with Crippen molar-refractivity contribution in [1.82, 2.24) is 0 Å². The molecule has 0 bridgehead atoms. The molecule has 3 fully saturated rings. The Balaban J connectivity index is 1.56. The molecule has 0 amide bonds. The summed E-state index contributed by atoms with van der Waals surface area (Å²) in [6.45, 7) is 9.77. The molecule has 4 aliphatic carbocycles. The summed E-state index contributed by atoms with van der Waals surface area (Å²) >= 11 is 0. The number of hydrogen-bond acceptors (Lipinski definition) is 3. The van der Waals surface area contributed by atoms with Crippen molar-refractivity contribution in [2.45, 2.75) is 85.2 Å². The molecule has 0 aromatic rings. The largest absolute Gasteiger partial charge is 0.505 e. The second-order valence-corrected chi connectivity index (χ2v) is 11.1. The highest BCUT2D eigenvalue weighted by Crippen LogP contribution is 2.68. The van der Waals surface area contributed by atoms with Gasteiger partial charge in [0.1, 0.15) is 0 Å². The Morgan fingerprint density at radius 3 is 2.57 bits per heavy atom. The average Bonchev–Trinajstić information content (AvgIpc) is 2.95. The minimum Gasteiger partial charge on any atom is -0.450 e. The summed E-state index contributed by atoms with van der Waals surface area (Å²) in [6.07, 6.45) is 10.2. The van der Waals surface area contributed by atoms with E-state index >= 15 is 0 Å². The summed E-state index contributed by atoms with van der Waals surface area (Å²) in [5, 5.41) is 19.4. The van der Waals surface area contributed by atoms with Gasteiger partial charge in [0.05, 0.1) is 12.7 Å². The van der Waals surface area contributed by atoms with Gasteiger partial charge < -0.3 is 14.9 Å². The standard InChI is InChI=1S/C24H38O4/c1-22(2)19-8-6-16-17-7-5-15(11-14-28-21(26)27)23(17,3)12-9-18(16)24(19,4)13-10-20(22)25/h8,15-18,20,25H,5-7,9-14H2,1-4H3,(H,26,27)/t15-,16+,17+,18+,20+,23-,24-/m1/s1. The monoisotopic (exact) mass is 390 g/mol. The van der Waals surface area contributed by atoms with E-state index in [4.69, 9.17) is 9.84 Å². The Bertz CT molecular complexity index is 668. The molecule has 28 heavy (non-hydrogen) atoms. The summed E-state index contributed by atoms with van der Waals surface area (Å²) in [6, 6.07) is 0. The van der Waals surface area contributed by atoms with Gasteiger partial charge in [0.2, 0.25) is 0 Å². The molecule has 0 unspecified atom stereocenters. The quantitative estimate of drug-likeness (QED) is 0.483. The van der Waals surface area contributed by atoms with Crippen molar-refractivity contribution < 1.29 is 19.7 Å². The lowest BCUT2D eigenvalue weighted by Gasteiger charge is -2.61. The summed E-state index contributed by atoms with van der Waals surface area (Å²) in [5.41, 5.74) is 1.98. The van der Waals surface area contributed by atoms with Gasteiger partial charge in [0.15, 0.2) is 0 Å². The number of ether oxygens (including phenoxy) is 1. The first kappa shape index (κ1) is 20.3. The highest BCUT2D eigenvalue weighted by molar-refractivity contribution is 5.56. The molecule has 0 heterocycles. The van der Waals surface area contributed by atoms with Crippen molar-refractivity contribution in [1.29, 1.82) is 0 Å². The van der Waals surface area contributed by atoms with E-state index in [9.17, 15) is 9.90 Å². The first-order chi connectivity index (χ1) is 13.1. The van der Waals surface area contributed by atoms with Gasteiger partial charge in [0.25, 0.3) is 0 Å². The molecule has 4 aliphatic rings. The number of carboxylic acid groups (broad SMARTS) is 1. The Kier molecular flexibility index (Phi) is 4.88. The minimum absolute atomic E-state index is 0.106. The van der Waals surface area contributed by atoms with Gasteiger partial charge in [-0.3, -0.25) is 0 Å². The first-order valence-corrected chi connectivity index (χ1v) is 11.4. The number of aliphatic hydroxyl groups excluding tert-OH is 1. The fourth-order valence-electron chi connectivity index (χ4n) is 8.26. The second kappa shape index (κ2) is 6.75. The van der Waals surface area contributed by atoms with Crippen molar-refractivity contribution in [3.8, 4) is 0 Å². The number of allylic oxidation sites excluding steroid dienone is 1. The highest BCUT2D eigenvalue weighted by atomic mass is 16.7. The molecule has 4 rings (SSSR count). The SMILES string of the molecule is CC1(C)C2=CC[C@H]3[C@@H]4CC[C@H](CCOC(=O)O)[C@@]4(C)CC[C@@H]3[C@@]2(C)CC[C@@H]1O. The number of rotatable bonds is 3. The van der Waals surface area contributed by atoms with Crippen molar-refractivity contribution in [3.63, 3.8) is 0 Å². The third-order valence-corrected chi connectivity index (χ3v) is 9.82. The van der Waals surface area contributed by atoms with Crippen molar-refractivity contribution >= 4 is 6.16 Å². The van der Waals surface area contributed by atoms with Crippen LogP contribution in [0.4, 0.5) is 4.79 Å². The fraction of sp³-hybridized carbons (Fsp3) is 0.875. The maximum atomic E-state index is 10.7. The maximum Gasteiger partial charge on any atom is 0.505 e. The van der Waals surface area contributed by atoms with E-state index in [1.807, 2.05) is 0 Å². The molecule has 7 atom stereocenters. The van der Waals surface area contributed by atoms with E-state index in [0.29, 0.717) is 17.9 Å². The van der Waals surface area contributed by atoms with Gasteiger partial charge in [-0.15, -0.1) is 0 Å². The molecule has 4 heteroatoms. The molecule has 0 spiro atoms.